The summed E-state index contributed by atoms with van der Waals surface area (Å²) in [5, 5.41) is 4.04. The van der Waals surface area contributed by atoms with Crippen LogP contribution in [-0.4, -0.2) is 37.8 Å². The Kier molecular flexibility index (Phi) is 4.30. The van der Waals surface area contributed by atoms with Crippen LogP contribution >= 0.6 is 0 Å². The topological polar surface area (TPSA) is 77.4 Å². The summed E-state index contributed by atoms with van der Waals surface area (Å²) in [6.45, 7) is 3.84. The van der Waals surface area contributed by atoms with Crippen LogP contribution in [0.5, 0.6) is 11.5 Å². The van der Waals surface area contributed by atoms with Gasteiger partial charge in [0.2, 0.25) is 12.0 Å². The van der Waals surface area contributed by atoms with E-state index < -0.39 is 17.9 Å². The van der Waals surface area contributed by atoms with Crippen molar-refractivity contribution in [2.45, 2.75) is 20.0 Å². The van der Waals surface area contributed by atoms with Gasteiger partial charge in [-0.1, -0.05) is 22.9 Å². The van der Waals surface area contributed by atoms with Gasteiger partial charge in [-0.2, -0.15) is 0 Å². The molecule has 2 aliphatic heterocycles. The minimum absolute atomic E-state index is 0.340. The molecule has 7 heteroatoms. The Balaban J connectivity index is 1.71. The maximum Gasteiger partial charge on any atom is 0.278 e. The minimum Gasteiger partial charge on any atom is -0.493 e. The lowest BCUT2D eigenvalue weighted by molar-refractivity contribution is -0.126. The van der Waals surface area contributed by atoms with Crippen LogP contribution in [-0.2, 0) is 14.4 Å². The Bertz CT molecular complexity index is 1010. The van der Waals surface area contributed by atoms with Crippen molar-refractivity contribution >= 4 is 23.2 Å². The zero-order chi connectivity index (χ0) is 20.0. The number of anilines is 1. The highest BCUT2D eigenvalue weighted by molar-refractivity contribution is 6.32. The average Bonchev–Trinajstić information content (AvgIpc) is 3.22. The number of imide groups is 1. The quantitative estimate of drug-likeness (QED) is 0.762. The molecule has 2 heterocycles. The molecule has 4 rings (SSSR count). The molecule has 0 unspecified atom stereocenters. The Labute approximate surface area is 162 Å². The van der Waals surface area contributed by atoms with E-state index in [-0.39, 0.29) is 5.91 Å². The monoisotopic (exact) mass is 380 g/mol. The first-order chi connectivity index (χ1) is 13.5. The smallest absolute Gasteiger partial charge is 0.278 e. The van der Waals surface area contributed by atoms with Gasteiger partial charge in [0.15, 0.2) is 11.5 Å². The third-order valence-corrected chi connectivity index (χ3v) is 5.08. The first-order valence-corrected chi connectivity index (χ1v) is 8.87. The van der Waals surface area contributed by atoms with Gasteiger partial charge in [0.25, 0.3) is 5.91 Å². The summed E-state index contributed by atoms with van der Waals surface area (Å²) in [6.07, 6.45) is -0.948. The number of rotatable bonds is 4. The molecule has 1 fully saturated rings. The van der Waals surface area contributed by atoms with E-state index in [1.165, 1.54) is 12.0 Å². The number of aryl methyl sites for hydroxylation is 2. The molecule has 0 aliphatic carbocycles. The molecule has 0 radical (unpaired) electrons. The molecular weight excluding hydrogens is 360 g/mol. The van der Waals surface area contributed by atoms with Crippen molar-refractivity contribution in [2.24, 2.45) is 11.1 Å². The zero-order valence-corrected chi connectivity index (χ0v) is 16.1. The highest BCUT2D eigenvalue weighted by atomic mass is 16.7. The molecule has 0 aromatic heterocycles. The predicted molar refractivity (Wildman–Crippen MR) is 103 cm³/mol. The first kappa shape index (κ1) is 18.0. The summed E-state index contributed by atoms with van der Waals surface area (Å²) < 4.78 is 10.6. The van der Waals surface area contributed by atoms with E-state index in [2.05, 4.69) is 5.16 Å². The van der Waals surface area contributed by atoms with Crippen LogP contribution in [0.4, 0.5) is 5.69 Å². The van der Waals surface area contributed by atoms with E-state index in [0.717, 1.165) is 11.1 Å². The second-order valence-electron chi connectivity index (χ2n) is 6.85. The second kappa shape index (κ2) is 6.67. The lowest BCUT2D eigenvalue weighted by Gasteiger charge is -2.18. The number of fused-ring (bicyclic) bond motifs is 1. The van der Waals surface area contributed by atoms with Crippen LogP contribution in [0, 0.1) is 19.8 Å². The van der Waals surface area contributed by atoms with E-state index >= 15 is 0 Å². The predicted octanol–water partition coefficient (Wildman–Crippen LogP) is 2.61. The van der Waals surface area contributed by atoms with Crippen molar-refractivity contribution in [1.29, 1.82) is 0 Å². The Morgan fingerprint density at radius 2 is 1.71 bits per heavy atom. The number of hydrogen-bond donors (Lipinski definition) is 0. The van der Waals surface area contributed by atoms with Crippen molar-refractivity contribution in [2.75, 3.05) is 19.1 Å². The molecule has 0 N–H and O–H groups in total. The summed E-state index contributed by atoms with van der Waals surface area (Å²) >= 11 is 0. The van der Waals surface area contributed by atoms with Gasteiger partial charge in [0, 0.05) is 5.56 Å². The van der Waals surface area contributed by atoms with Crippen LogP contribution in [0.3, 0.4) is 0 Å². The molecule has 0 spiro atoms. The molecule has 144 valence electrons. The zero-order valence-electron chi connectivity index (χ0n) is 16.1. The molecule has 28 heavy (non-hydrogen) atoms. The minimum atomic E-state index is -0.948. The van der Waals surface area contributed by atoms with Gasteiger partial charge in [-0.25, -0.2) is 4.90 Å². The molecule has 0 bridgehead atoms. The second-order valence-corrected chi connectivity index (χ2v) is 6.85. The summed E-state index contributed by atoms with van der Waals surface area (Å²) in [7, 11) is 3.08. The fraction of sp³-hybridized carbons (Fsp3) is 0.286. The molecule has 2 atom stereocenters. The summed E-state index contributed by atoms with van der Waals surface area (Å²) in [4.78, 5) is 32.7. The molecule has 2 aliphatic rings. The van der Waals surface area contributed by atoms with Gasteiger partial charge >= 0.3 is 0 Å². The molecule has 2 aromatic rings. The van der Waals surface area contributed by atoms with E-state index in [1.807, 2.05) is 26.0 Å². The number of ether oxygens (including phenoxy) is 2. The molecule has 7 nitrogen and oxygen atoms in total. The van der Waals surface area contributed by atoms with Gasteiger partial charge in [-0.05, 0) is 43.7 Å². The SMILES string of the molecule is COc1ccc(C2=NO[C@H]3C(=O)N(c4ccc(C)cc4C)C(=O)[C@@H]23)cc1OC. The van der Waals surface area contributed by atoms with E-state index in [0.29, 0.717) is 28.5 Å². The Morgan fingerprint density at radius 1 is 0.964 bits per heavy atom. The molecule has 2 aromatic carbocycles. The third kappa shape index (κ3) is 2.62. The number of hydrogen-bond acceptors (Lipinski definition) is 6. The molecule has 1 saturated heterocycles. The number of carbonyl (C=O) groups is 2. The molecular formula is C21H20N2O5. The van der Waals surface area contributed by atoms with E-state index in [9.17, 15) is 9.59 Å². The highest BCUT2D eigenvalue weighted by Crippen LogP contribution is 2.38. The van der Waals surface area contributed by atoms with Crippen molar-refractivity contribution in [3.8, 4) is 11.5 Å². The van der Waals surface area contributed by atoms with Gasteiger partial charge in [0.05, 0.1) is 19.9 Å². The van der Waals surface area contributed by atoms with Crippen LogP contribution < -0.4 is 14.4 Å². The lowest BCUT2D eigenvalue weighted by atomic mass is 9.94. The Hall–Kier alpha value is -3.35. The van der Waals surface area contributed by atoms with Crippen molar-refractivity contribution in [1.82, 2.24) is 0 Å². The van der Waals surface area contributed by atoms with E-state index in [4.69, 9.17) is 14.3 Å². The fourth-order valence-corrected chi connectivity index (χ4v) is 3.71. The van der Waals surface area contributed by atoms with Gasteiger partial charge in [-0.3, -0.25) is 9.59 Å². The largest absolute Gasteiger partial charge is 0.493 e. The molecule has 0 saturated carbocycles. The van der Waals surface area contributed by atoms with Gasteiger partial charge in [0.1, 0.15) is 11.6 Å². The van der Waals surface area contributed by atoms with Crippen molar-refractivity contribution < 1.29 is 23.9 Å². The number of amides is 2. The van der Waals surface area contributed by atoms with Gasteiger partial charge in [-0.15, -0.1) is 0 Å². The molecule has 2 amide bonds. The third-order valence-electron chi connectivity index (χ3n) is 5.08. The lowest BCUT2D eigenvalue weighted by Crippen LogP contribution is -2.33. The first-order valence-electron chi connectivity index (χ1n) is 8.87. The summed E-state index contributed by atoms with van der Waals surface area (Å²) in [6, 6.07) is 10.8. The van der Waals surface area contributed by atoms with Crippen molar-refractivity contribution in [3.05, 3.63) is 53.1 Å². The number of benzene rings is 2. The standard InChI is InChI=1S/C21H20N2O5/c1-11-5-7-14(12(2)9-11)23-20(24)17-18(22-28-19(17)21(23)25)13-6-8-15(26-3)16(10-13)27-4/h5-10,17,19H,1-4H3/t17-,19+/m0/s1. The fourth-order valence-electron chi connectivity index (χ4n) is 3.71. The van der Waals surface area contributed by atoms with E-state index in [1.54, 1.807) is 31.4 Å². The van der Waals surface area contributed by atoms with Gasteiger partial charge < -0.3 is 14.3 Å². The van der Waals surface area contributed by atoms with Crippen LogP contribution in [0.1, 0.15) is 16.7 Å². The maximum atomic E-state index is 13.2. The summed E-state index contributed by atoms with van der Waals surface area (Å²) in [5.74, 6) is -0.456. The maximum absolute atomic E-state index is 13.2. The van der Waals surface area contributed by atoms with Crippen LogP contribution in [0.2, 0.25) is 0 Å². The number of carbonyl (C=O) groups excluding carboxylic acids is 2. The number of oxime groups is 1. The van der Waals surface area contributed by atoms with Crippen LogP contribution in [0.15, 0.2) is 41.6 Å². The number of nitrogens with zero attached hydrogens (tertiary/aromatic N) is 2. The normalized spacial score (nSPS) is 20.7. The van der Waals surface area contributed by atoms with Crippen LogP contribution in [0.25, 0.3) is 0 Å². The number of methoxy groups -OCH3 is 2. The average molecular weight is 380 g/mol. The van der Waals surface area contributed by atoms with Crippen molar-refractivity contribution in [3.63, 3.8) is 0 Å². The summed E-state index contributed by atoms with van der Waals surface area (Å²) in [5.41, 5.74) is 3.55. The Morgan fingerprint density at radius 3 is 2.39 bits per heavy atom. The highest BCUT2D eigenvalue weighted by Gasteiger charge is 2.56.